The first-order valence-electron chi connectivity index (χ1n) is 9.82. The fourth-order valence-electron chi connectivity index (χ4n) is 3.58. The van der Waals surface area contributed by atoms with Crippen molar-refractivity contribution < 1.29 is 9.53 Å². The third kappa shape index (κ3) is 5.01. The topological polar surface area (TPSA) is 60.9 Å². The van der Waals surface area contributed by atoms with E-state index < -0.39 is 0 Å². The Kier molecular flexibility index (Phi) is 6.41. The number of urea groups is 1. The number of carbonyl (C=O) groups excluding carboxylic acids is 1. The molecule has 4 rings (SSSR count). The maximum Gasteiger partial charge on any atom is 0.317 e. The van der Waals surface area contributed by atoms with E-state index in [-0.39, 0.29) is 6.03 Å². The van der Waals surface area contributed by atoms with Gasteiger partial charge in [-0.25, -0.2) is 9.78 Å². The molecule has 2 fully saturated rings. The van der Waals surface area contributed by atoms with Crippen molar-refractivity contribution in [1.29, 1.82) is 0 Å². The van der Waals surface area contributed by atoms with Crippen LogP contribution in [0.2, 0.25) is 0 Å². The summed E-state index contributed by atoms with van der Waals surface area (Å²) in [5, 5.41) is 7.37. The first-order valence-corrected chi connectivity index (χ1v) is 10.8. The van der Waals surface area contributed by atoms with E-state index >= 15 is 0 Å². The predicted molar refractivity (Wildman–Crippen MR) is 111 cm³/mol. The highest BCUT2D eigenvalue weighted by atomic mass is 32.1. The Morgan fingerprint density at radius 2 is 1.93 bits per heavy atom. The second kappa shape index (κ2) is 9.36. The van der Waals surface area contributed by atoms with Crippen LogP contribution in [-0.4, -0.2) is 73.3 Å². The molecule has 0 aliphatic carbocycles. The smallest absolute Gasteiger partial charge is 0.317 e. The molecule has 0 bridgehead atoms. The minimum absolute atomic E-state index is 0.0138. The summed E-state index contributed by atoms with van der Waals surface area (Å²) in [4.78, 5) is 23.5. The number of morpholine rings is 1. The summed E-state index contributed by atoms with van der Waals surface area (Å²) in [7, 11) is 0. The zero-order valence-corrected chi connectivity index (χ0v) is 16.9. The van der Waals surface area contributed by atoms with Crippen LogP contribution in [0.15, 0.2) is 35.2 Å². The zero-order chi connectivity index (χ0) is 19.2. The van der Waals surface area contributed by atoms with Gasteiger partial charge in [0.15, 0.2) is 0 Å². The van der Waals surface area contributed by atoms with Gasteiger partial charge in [-0.1, -0.05) is 0 Å². The number of hydrogen-bond acceptors (Lipinski definition) is 6. The van der Waals surface area contributed by atoms with Crippen LogP contribution in [0.1, 0.15) is 11.1 Å². The van der Waals surface area contributed by atoms with Crippen LogP contribution in [0.3, 0.4) is 0 Å². The van der Waals surface area contributed by atoms with Crippen molar-refractivity contribution in [2.24, 2.45) is 0 Å². The molecule has 0 spiro atoms. The number of thiophene rings is 1. The minimum atomic E-state index is 0.0138. The first-order chi connectivity index (χ1) is 13.8. The zero-order valence-electron chi connectivity index (χ0n) is 16.0. The van der Waals surface area contributed by atoms with Crippen LogP contribution in [0.4, 0.5) is 10.6 Å². The average Bonchev–Trinajstić information content (AvgIpc) is 3.26. The largest absolute Gasteiger partial charge is 0.378 e. The van der Waals surface area contributed by atoms with E-state index in [1.165, 1.54) is 5.56 Å². The van der Waals surface area contributed by atoms with Crippen LogP contribution in [-0.2, 0) is 17.8 Å². The van der Waals surface area contributed by atoms with Gasteiger partial charge in [0.1, 0.15) is 5.82 Å². The third-order valence-electron chi connectivity index (χ3n) is 5.23. The fraction of sp³-hybridized carbons (Fsp3) is 0.500. The lowest BCUT2D eigenvalue weighted by atomic mass is 10.2. The molecule has 8 heteroatoms. The number of nitrogens with zero attached hydrogens (tertiary/aromatic N) is 4. The van der Waals surface area contributed by atoms with Crippen molar-refractivity contribution in [2.45, 2.75) is 13.1 Å². The van der Waals surface area contributed by atoms with Crippen LogP contribution in [0.5, 0.6) is 0 Å². The number of nitrogens with one attached hydrogen (secondary N) is 1. The molecule has 150 valence electrons. The summed E-state index contributed by atoms with van der Waals surface area (Å²) in [6.07, 6.45) is 1.81. The first kappa shape index (κ1) is 19.2. The van der Waals surface area contributed by atoms with Crippen molar-refractivity contribution in [1.82, 2.24) is 20.1 Å². The molecule has 2 aliphatic heterocycles. The molecule has 2 saturated heterocycles. The molecule has 2 aromatic rings. The molecule has 2 aromatic heterocycles. The number of anilines is 1. The minimum Gasteiger partial charge on any atom is -0.378 e. The number of carbonyl (C=O) groups is 1. The number of aromatic nitrogens is 1. The summed E-state index contributed by atoms with van der Waals surface area (Å²) < 4.78 is 5.40. The summed E-state index contributed by atoms with van der Waals surface area (Å²) in [5.41, 5.74) is 2.43. The molecule has 0 unspecified atom stereocenters. The van der Waals surface area contributed by atoms with Gasteiger partial charge in [-0.05, 0) is 40.1 Å². The van der Waals surface area contributed by atoms with E-state index in [4.69, 9.17) is 4.74 Å². The van der Waals surface area contributed by atoms with Crippen LogP contribution >= 0.6 is 11.3 Å². The molecular weight excluding hydrogens is 374 g/mol. The standard InChI is InChI=1S/C20H27N5O2S/c26-20(25-6-4-23(5-7-25)15-18-2-12-28-16-18)22-14-17-1-3-21-19(13-17)24-8-10-27-11-9-24/h1-3,12-13,16H,4-11,14-15H2,(H,22,26). The molecule has 4 heterocycles. The van der Waals surface area contributed by atoms with Gasteiger partial charge in [0.25, 0.3) is 0 Å². The van der Waals surface area contributed by atoms with Crippen molar-refractivity contribution in [3.8, 4) is 0 Å². The summed E-state index contributed by atoms with van der Waals surface area (Å²) in [5.74, 6) is 0.956. The monoisotopic (exact) mass is 401 g/mol. The lowest BCUT2D eigenvalue weighted by Crippen LogP contribution is -2.51. The molecule has 1 N–H and O–H groups in total. The Morgan fingerprint density at radius 3 is 2.68 bits per heavy atom. The average molecular weight is 402 g/mol. The summed E-state index contributed by atoms with van der Waals surface area (Å²) in [6.45, 7) is 8.06. The Balaban J connectivity index is 1.23. The van der Waals surface area contributed by atoms with E-state index in [0.717, 1.165) is 70.4 Å². The Morgan fingerprint density at radius 1 is 1.11 bits per heavy atom. The van der Waals surface area contributed by atoms with E-state index in [0.29, 0.717) is 6.54 Å². The normalized spacial score (nSPS) is 18.3. The van der Waals surface area contributed by atoms with E-state index in [1.54, 1.807) is 11.3 Å². The number of piperazine rings is 1. The van der Waals surface area contributed by atoms with Crippen molar-refractivity contribution in [2.75, 3.05) is 57.4 Å². The number of rotatable bonds is 5. The maximum absolute atomic E-state index is 12.5. The predicted octanol–water partition coefficient (Wildman–Crippen LogP) is 2.01. The SMILES string of the molecule is O=C(NCc1ccnc(N2CCOCC2)c1)N1CCN(Cc2ccsc2)CC1. The quantitative estimate of drug-likeness (QED) is 0.831. The van der Waals surface area contributed by atoms with Gasteiger partial charge >= 0.3 is 6.03 Å². The van der Waals surface area contributed by atoms with E-state index in [9.17, 15) is 4.79 Å². The molecule has 0 radical (unpaired) electrons. The lowest BCUT2D eigenvalue weighted by Gasteiger charge is -2.34. The molecule has 7 nitrogen and oxygen atoms in total. The third-order valence-corrected chi connectivity index (χ3v) is 5.97. The Bertz CT molecular complexity index is 756. The van der Waals surface area contributed by atoms with Gasteiger partial charge in [0, 0.05) is 58.6 Å². The van der Waals surface area contributed by atoms with Crippen molar-refractivity contribution in [3.05, 3.63) is 46.3 Å². The number of pyridine rings is 1. The molecule has 2 amide bonds. The van der Waals surface area contributed by atoms with Gasteiger partial charge in [0.05, 0.1) is 13.2 Å². The van der Waals surface area contributed by atoms with Gasteiger partial charge in [-0.2, -0.15) is 11.3 Å². The fourth-order valence-corrected chi connectivity index (χ4v) is 4.24. The summed E-state index contributed by atoms with van der Waals surface area (Å²) in [6, 6.07) is 6.21. The van der Waals surface area contributed by atoms with Crippen molar-refractivity contribution >= 4 is 23.2 Å². The molecule has 28 heavy (non-hydrogen) atoms. The van der Waals surface area contributed by atoms with Crippen LogP contribution in [0.25, 0.3) is 0 Å². The Hall–Kier alpha value is -2.16. The molecule has 0 saturated carbocycles. The number of hydrogen-bond donors (Lipinski definition) is 1. The van der Waals surface area contributed by atoms with E-state index in [2.05, 4.69) is 43.0 Å². The highest BCUT2D eigenvalue weighted by Crippen LogP contribution is 2.15. The van der Waals surface area contributed by atoms with Crippen LogP contribution in [0, 0.1) is 0 Å². The number of amides is 2. The van der Waals surface area contributed by atoms with E-state index in [1.807, 2.05) is 17.2 Å². The maximum atomic E-state index is 12.5. The van der Waals surface area contributed by atoms with Gasteiger partial charge in [-0.15, -0.1) is 0 Å². The van der Waals surface area contributed by atoms with Gasteiger partial charge in [-0.3, -0.25) is 4.90 Å². The second-order valence-corrected chi connectivity index (χ2v) is 7.96. The van der Waals surface area contributed by atoms with Gasteiger partial charge in [0.2, 0.25) is 0 Å². The second-order valence-electron chi connectivity index (χ2n) is 7.18. The highest BCUT2D eigenvalue weighted by molar-refractivity contribution is 7.07. The molecular formula is C20H27N5O2S. The molecule has 2 aliphatic rings. The number of ether oxygens (including phenoxy) is 1. The summed E-state index contributed by atoms with van der Waals surface area (Å²) >= 11 is 1.73. The van der Waals surface area contributed by atoms with Crippen molar-refractivity contribution in [3.63, 3.8) is 0 Å². The van der Waals surface area contributed by atoms with Gasteiger partial charge < -0.3 is 19.9 Å². The lowest BCUT2D eigenvalue weighted by molar-refractivity contribution is 0.122. The molecule has 0 atom stereocenters. The highest BCUT2D eigenvalue weighted by Gasteiger charge is 2.21. The van der Waals surface area contributed by atoms with Crippen LogP contribution < -0.4 is 10.2 Å². The Labute approximate surface area is 169 Å². The molecule has 0 aromatic carbocycles.